The Morgan fingerprint density at radius 2 is 1.61 bits per heavy atom. The van der Waals surface area contributed by atoms with Crippen LogP contribution in [0.2, 0.25) is 5.02 Å². The number of nitro groups is 1. The summed E-state index contributed by atoms with van der Waals surface area (Å²) in [5.74, 6) is -0.671. The molecule has 0 saturated carbocycles. The fraction of sp³-hybridized carbons (Fsp3) is 0. The third kappa shape index (κ3) is 4.17. The molecular weight excluding hydrogens is 324 g/mol. The molecule has 0 aliphatic rings. The number of rotatable bonds is 4. The molecule has 0 fully saturated rings. The number of anilines is 2. The summed E-state index contributed by atoms with van der Waals surface area (Å²) in [6.45, 7) is 0. The second kappa shape index (κ2) is 6.75. The van der Waals surface area contributed by atoms with Crippen LogP contribution in [0.3, 0.4) is 0 Å². The fourth-order valence-corrected chi connectivity index (χ4v) is 2.00. The zero-order chi connectivity index (χ0) is 17.0. The Morgan fingerprint density at radius 1 is 1.04 bits per heavy atom. The van der Waals surface area contributed by atoms with E-state index < -0.39 is 16.9 Å². The van der Waals surface area contributed by atoms with Crippen molar-refractivity contribution in [2.24, 2.45) is 5.73 Å². The van der Waals surface area contributed by atoms with E-state index >= 15 is 0 Å². The highest BCUT2D eigenvalue weighted by Crippen LogP contribution is 2.24. The molecule has 0 saturated heterocycles. The predicted octanol–water partition coefficient (Wildman–Crippen LogP) is 2.99. The highest BCUT2D eigenvalue weighted by atomic mass is 35.5. The first kappa shape index (κ1) is 16.2. The van der Waals surface area contributed by atoms with Crippen LogP contribution in [-0.2, 0) is 0 Å². The largest absolute Gasteiger partial charge is 0.351 e. The third-order valence-electron chi connectivity index (χ3n) is 2.81. The minimum absolute atomic E-state index is 0.151. The van der Waals surface area contributed by atoms with Crippen molar-refractivity contribution >= 4 is 40.6 Å². The lowest BCUT2D eigenvalue weighted by molar-refractivity contribution is -0.385. The van der Waals surface area contributed by atoms with Crippen molar-refractivity contribution in [3.63, 3.8) is 0 Å². The van der Waals surface area contributed by atoms with Gasteiger partial charge in [-0.15, -0.1) is 0 Å². The number of nitrogens with one attached hydrogen (secondary N) is 2. The Hall–Kier alpha value is -3.13. The number of hydrogen-bond donors (Lipinski definition) is 3. The zero-order valence-electron chi connectivity index (χ0n) is 11.6. The summed E-state index contributed by atoms with van der Waals surface area (Å²) in [7, 11) is 0. The molecule has 0 heterocycles. The van der Waals surface area contributed by atoms with E-state index in [0.29, 0.717) is 11.4 Å². The number of halogens is 1. The summed E-state index contributed by atoms with van der Waals surface area (Å²) < 4.78 is 0. The van der Waals surface area contributed by atoms with E-state index in [4.69, 9.17) is 17.3 Å². The maximum atomic E-state index is 12.2. The van der Waals surface area contributed by atoms with Gasteiger partial charge in [0.25, 0.3) is 11.6 Å². The molecular formula is C14H11ClN4O4. The van der Waals surface area contributed by atoms with E-state index in [9.17, 15) is 19.7 Å². The van der Waals surface area contributed by atoms with E-state index in [-0.39, 0.29) is 16.3 Å². The highest BCUT2D eigenvalue weighted by molar-refractivity contribution is 6.31. The van der Waals surface area contributed by atoms with E-state index in [0.717, 1.165) is 6.07 Å². The molecule has 0 radical (unpaired) electrons. The van der Waals surface area contributed by atoms with E-state index in [1.54, 1.807) is 0 Å². The molecule has 0 aliphatic carbocycles. The summed E-state index contributed by atoms with van der Waals surface area (Å²) in [6.07, 6.45) is 0. The van der Waals surface area contributed by atoms with Gasteiger partial charge >= 0.3 is 6.03 Å². The lowest BCUT2D eigenvalue weighted by Crippen LogP contribution is -2.19. The molecule has 9 heteroatoms. The van der Waals surface area contributed by atoms with Gasteiger partial charge in [-0.3, -0.25) is 14.9 Å². The van der Waals surface area contributed by atoms with Crippen LogP contribution in [-0.4, -0.2) is 16.9 Å². The SMILES string of the molecule is NC(=O)Nc1ccc(NC(=O)c2cc(Cl)ccc2[N+](=O)[O-])cc1. The molecule has 2 aromatic rings. The second-order valence-electron chi connectivity index (χ2n) is 4.44. The van der Waals surface area contributed by atoms with Crippen molar-refractivity contribution in [3.8, 4) is 0 Å². The van der Waals surface area contributed by atoms with E-state index in [1.807, 2.05) is 0 Å². The standard InChI is InChI=1S/C14H11ClN4O4/c15-8-1-6-12(19(22)23)11(7-8)13(20)17-9-2-4-10(5-3-9)18-14(16)21/h1-7H,(H,17,20)(H3,16,18,21). The van der Waals surface area contributed by atoms with Gasteiger partial charge in [0, 0.05) is 22.5 Å². The average Bonchev–Trinajstić information content (AvgIpc) is 2.48. The predicted molar refractivity (Wildman–Crippen MR) is 85.7 cm³/mol. The lowest BCUT2D eigenvalue weighted by atomic mass is 10.1. The summed E-state index contributed by atoms with van der Waals surface area (Å²) in [4.78, 5) is 33.2. The number of nitro benzene ring substituents is 1. The molecule has 8 nitrogen and oxygen atoms in total. The van der Waals surface area contributed by atoms with Gasteiger partial charge in [0.2, 0.25) is 0 Å². The Bertz CT molecular complexity index is 777. The Kier molecular flexibility index (Phi) is 4.77. The number of nitrogens with two attached hydrogens (primary N) is 1. The normalized spacial score (nSPS) is 9.96. The molecule has 0 aliphatic heterocycles. The number of carbonyl (C=O) groups excluding carboxylic acids is 2. The molecule has 0 unspecified atom stereocenters. The molecule has 0 aromatic heterocycles. The Balaban J connectivity index is 2.20. The van der Waals surface area contributed by atoms with Gasteiger partial charge in [-0.2, -0.15) is 0 Å². The van der Waals surface area contributed by atoms with Crippen molar-refractivity contribution in [1.29, 1.82) is 0 Å². The molecule has 118 valence electrons. The topological polar surface area (TPSA) is 127 Å². The number of benzene rings is 2. The first-order valence-electron chi connectivity index (χ1n) is 6.28. The quantitative estimate of drug-likeness (QED) is 0.586. The second-order valence-corrected chi connectivity index (χ2v) is 4.88. The molecule has 4 N–H and O–H groups in total. The summed E-state index contributed by atoms with van der Waals surface area (Å²) in [5.41, 5.74) is 5.32. The van der Waals surface area contributed by atoms with E-state index in [1.165, 1.54) is 36.4 Å². The van der Waals surface area contributed by atoms with Gasteiger partial charge in [-0.05, 0) is 36.4 Å². The van der Waals surface area contributed by atoms with Crippen LogP contribution in [0, 0.1) is 10.1 Å². The number of nitrogens with zero attached hydrogens (tertiary/aromatic N) is 1. The molecule has 0 spiro atoms. The van der Waals surface area contributed by atoms with Gasteiger partial charge in [0.1, 0.15) is 5.56 Å². The van der Waals surface area contributed by atoms with Gasteiger partial charge in [-0.1, -0.05) is 11.6 Å². The number of urea groups is 1. The van der Waals surface area contributed by atoms with Crippen molar-refractivity contribution in [1.82, 2.24) is 0 Å². The fourth-order valence-electron chi connectivity index (χ4n) is 1.83. The van der Waals surface area contributed by atoms with Gasteiger partial charge in [-0.25, -0.2) is 4.79 Å². The van der Waals surface area contributed by atoms with Crippen LogP contribution in [0.5, 0.6) is 0 Å². The van der Waals surface area contributed by atoms with Crippen molar-refractivity contribution in [3.05, 3.63) is 63.2 Å². The van der Waals surface area contributed by atoms with Gasteiger partial charge in [0.05, 0.1) is 4.92 Å². The first-order valence-corrected chi connectivity index (χ1v) is 6.66. The lowest BCUT2D eigenvalue weighted by Gasteiger charge is -2.07. The van der Waals surface area contributed by atoms with Crippen molar-refractivity contribution in [2.45, 2.75) is 0 Å². The van der Waals surface area contributed by atoms with Crippen LogP contribution in [0.15, 0.2) is 42.5 Å². The number of hydrogen-bond acceptors (Lipinski definition) is 4. The maximum Gasteiger partial charge on any atom is 0.316 e. The van der Waals surface area contributed by atoms with Gasteiger partial charge < -0.3 is 16.4 Å². The third-order valence-corrected chi connectivity index (χ3v) is 3.05. The Labute approximate surface area is 135 Å². The van der Waals surface area contributed by atoms with Crippen LogP contribution in [0.25, 0.3) is 0 Å². The van der Waals surface area contributed by atoms with Gasteiger partial charge in [0.15, 0.2) is 0 Å². The van der Waals surface area contributed by atoms with Crippen molar-refractivity contribution < 1.29 is 14.5 Å². The molecule has 23 heavy (non-hydrogen) atoms. The smallest absolute Gasteiger partial charge is 0.316 e. The number of carbonyl (C=O) groups is 2. The van der Waals surface area contributed by atoms with Crippen LogP contribution in [0.1, 0.15) is 10.4 Å². The maximum absolute atomic E-state index is 12.2. The highest BCUT2D eigenvalue weighted by Gasteiger charge is 2.20. The van der Waals surface area contributed by atoms with Crippen LogP contribution >= 0.6 is 11.6 Å². The molecule has 0 atom stereocenters. The number of primary amides is 1. The van der Waals surface area contributed by atoms with Crippen LogP contribution < -0.4 is 16.4 Å². The minimum atomic E-state index is -0.712. The number of amides is 3. The average molecular weight is 335 g/mol. The molecule has 0 bridgehead atoms. The van der Waals surface area contributed by atoms with E-state index in [2.05, 4.69) is 10.6 Å². The molecule has 3 amide bonds. The Morgan fingerprint density at radius 3 is 2.13 bits per heavy atom. The summed E-state index contributed by atoms with van der Waals surface area (Å²) in [6, 6.07) is 9.07. The summed E-state index contributed by atoms with van der Waals surface area (Å²) >= 11 is 5.78. The summed E-state index contributed by atoms with van der Waals surface area (Å²) in [5, 5.41) is 16.1. The van der Waals surface area contributed by atoms with Crippen LogP contribution in [0.4, 0.5) is 21.9 Å². The zero-order valence-corrected chi connectivity index (χ0v) is 12.3. The minimum Gasteiger partial charge on any atom is -0.351 e. The molecule has 2 rings (SSSR count). The van der Waals surface area contributed by atoms with Crippen molar-refractivity contribution in [2.75, 3.05) is 10.6 Å². The monoisotopic (exact) mass is 334 g/mol. The molecule has 2 aromatic carbocycles. The first-order chi connectivity index (χ1) is 10.9.